The van der Waals surface area contributed by atoms with Crippen molar-refractivity contribution < 1.29 is 27.8 Å². The van der Waals surface area contributed by atoms with E-state index in [4.69, 9.17) is 14.2 Å². The summed E-state index contributed by atoms with van der Waals surface area (Å²) in [5, 5.41) is 2.45. The van der Waals surface area contributed by atoms with Crippen LogP contribution >= 0.6 is 0 Å². The van der Waals surface area contributed by atoms with Gasteiger partial charge in [-0.1, -0.05) is 0 Å². The van der Waals surface area contributed by atoms with Crippen molar-refractivity contribution in [3.8, 4) is 28.8 Å². The van der Waals surface area contributed by atoms with Crippen molar-refractivity contribution in [2.45, 2.75) is 0 Å². The fourth-order valence-electron chi connectivity index (χ4n) is 3.73. The molecule has 5 aromatic rings. The number of ether oxygens (including phenoxy) is 3. The minimum atomic E-state index is -0.852. The maximum Gasteiger partial charge on any atom is 0.286 e. The number of amides is 1. The summed E-state index contributed by atoms with van der Waals surface area (Å²) in [4.78, 5) is 38.1. The number of aromatic nitrogens is 4. The molecule has 0 spiro atoms. The Hall–Kier alpha value is -5.39. The Morgan fingerprint density at radius 3 is 2.41 bits per heavy atom. The molecule has 5 rings (SSSR count). The van der Waals surface area contributed by atoms with Gasteiger partial charge in [-0.15, -0.1) is 0 Å². The third-order valence-electron chi connectivity index (χ3n) is 5.59. The van der Waals surface area contributed by atoms with Crippen LogP contribution in [0.1, 0.15) is 10.5 Å². The quantitative estimate of drug-likeness (QED) is 0.326. The first kappa shape index (κ1) is 25.3. The Morgan fingerprint density at radius 1 is 0.897 bits per heavy atom. The van der Waals surface area contributed by atoms with Gasteiger partial charge in [0.2, 0.25) is 0 Å². The number of hydrogen-bond donors (Lipinski definition) is 1. The number of anilines is 1. The fourth-order valence-corrected chi connectivity index (χ4v) is 3.73. The van der Waals surface area contributed by atoms with Gasteiger partial charge in [0.05, 0.1) is 19.7 Å². The summed E-state index contributed by atoms with van der Waals surface area (Å²) in [5.41, 5.74) is 0.00923. The number of methoxy groups -OCH3 is 2. The summed E-state index contributed by atoms with van der Waals surface area (Å²) >= 11 is 0. The lowest BCUT2D eigenvalue weighted by atomic mass is 10.2. The van der Waals surface area contributed by atoms with Crippen molar-refractivity contribution in [3.05, 3.63) is 101 Å². The fraction of sp³-hybridized carbons (Fsp3) is 0.0741. The van der Waals surface area contributed by atoms with Crippen molar-refractivity contribution in [2.75, 3.05) is 19.5 Å². The lowest BCUT2D eigenvalue weighted by Gasteiger charge is -2.12. The van der Waals surface area contributed by atoms with Crippen molar-refractivity contribution in [1.29, 1.82) is 0 Å². The van der Waals surface area contributed by atoms with Gasteiger partial charge in [-0.3, -0.25) is 19.1 Å². The second kappa shape index (κ2) is 10.5. The van der Waals surface area contributed by atoms with Crippen LogP contribution in [0.2, 0.25) is 0 Å². The van der Waals surface area contributed by atoms with Crippen molar-refractivity contribution in [3.63, 3.8) is 0 Å². The number of halogens is 2. The summed E-state index contributed by atoms with van der Waals surface area (Å²) in [6.07, 6.45) is 4.08. The molecule has 3 aromatic heterocycles. The van der Waals surface area contributed by atoms with Gasteiger partial charge in [-0.25, -0.2) is 18.7 Å². The molecule has 3 heterocycles. The maximum absolute atomic E-state index is 15.0. The largest absolute Gasteiger partial charge is 0.491 e. The van der Waals surface area contributed by atoms with E-state index in [-0.39, 0.29) is 23.1 Å². The minimum Gasteiger partial charge on any atom is -0.491 e. The third kappa shape index (κ3) is 5.07. The molecule has 0 atom stereocenters. The molecule has 0 aliphatic carbocycles. The first-order valence-electron chi connectivity index (χ1n) is 11.4. The van der Waals surface area contributed by atoms with Gasteiger partial charge < -0.3 is 19.5 Å². The molecule has 196 valence electrons. The molecule has 0 saturated heterocycles. The number of nitrogens with zero attached hydrogens (tertiary/aromatic N) is 4. The van der Waals surface area contributed by atoms with Crippen LogP contribution < -0.4 is 25.1 Å². The number of hydrogen-bond acceptors (Lipinski definition) is 8. The molecule has 0 aliphatic rings. The average Bonchev–Trinajstić information content (AvgIpc) is 2.94. The molecular weight excluding hydrogens is 512 g/mol. The van der Waals surface area contributed by atoms with Crippen molar-refractivity contribution in [1.82, 2.24) is 19.5 Å². The third-order valence-corrected chi connectivity index (χ3v) is 5.59. The molecular formula is C27H19F2N5O5. The summed E-state index contributed by atoms with van der Waals surface area (Å²) in [7, 11) is 2.90. The van der Waals surface area contributed by atoms with E-state index in [1.807, 2.05) is 0 Å². The molecule has 0 fully saturated rings. The van der Waals surface area contributed by atoms with Crippen LogP contribution in [0, 0.1) is 11.6 Å². The Kier molecular flexibility index (Phi) is 6.83. The molecule has 1 amide bonds. The van der Waals surface area contributed by atoms with Gasteiger partial charge >= 0.3 is 0 Å². The van der Waals surface area contributed by atoms with E-state index in [1.165, 1.54) is 75.3 Å². The molecule has 10 nitrogen and oxygen atoms in total. The van der Waals surface area contributed by atoms with E-state index in [0.29, 0.717) is 22.5 Å². The van der Waals surface area contributed by atoms with Crippen molar-refractivity contribution in [2.24, 2.45) is 0 Å². The van der Waals surface area contributed by atoms with Gasteiger partial charge in [0.1, 0.15) is 11.3 Å². The Balaban J connectivity index is 1.38. The van der Waals surface area contributed by atoms with Gasteiger partial charge in [0.15, 0.2) is 28.8 Å². The first-order chi connectivity index (χ1) is 18.9. The smallest absolute Gasteiger partial charge is 0.286 e. The van der Waals surface area contributed by atoms with E-state index in [1.54, 1.807) is 6.07 Å². The second-order valence-corrected chi connectivity index (χ2v) is 8.01. The number of pyridine rings is 2. The van der Waals surface area contributed by atoms with Crippen LogP contribution in [-0.4, -0.2) is 39.6 Å². The predicted octanol–water partition coefficient (Wildman–Crippen LogP) is 4.52. The summed E-state index contributed by atoms with van der Waals surface area (Å²) < 4.78 is 45.6. The number of carbonyl (C=O) groups excluding carboxylic acids is 1. The molecule has 0 aliphatic heterocycles. The first-order valence-corrected chi connectivity index (χ1v) is 11.4. The van der Waals surface area contributed by atoms with Crippen LogP contribution in [-0.2, 0) is 0 Å². The van der Waals surface area contributed by atoms with Crippen molar-refractivity contribution >= 4 is 22.6 Å². The predicted molar refractivity (Wildman–Crippen MR) is 137 cm³/mol. The maximum atomic E-state index is 15.0. The normalized spacial score (nSPS) is 10.8. The number of nitrogens with one attached hydrogen (secondary N) is 1. The number of carbonyl (C=O) groups is 1. The minimum absolute atomic E-state index is 0.0624. The Morgan fingerprint density at radius 2 is 1.69 bits per heavy atom. The number of rotatable bonds is 7. The molecule has 0 radical (unpaired) electrons. The lowest BCUT2D eigenvalue weighted by Crippen LogP contribution is -2.29. The van der Waals surface area contributed by atoms with Crippen LogP contribution in [0.5, 0.6) is 23.1 Å². The molecule has 12 heteroatoms. The second-order valence-electron chi connectivity index (χ2n) is 8.01. The van der Waals surface area contributed by atoms with Crippen LogP contribution in [0.15, 0.2) is 78.0 Å². The molecule has 1 N–H and O–H groups in total. The SMILES string of the molecule is COc1cc2nccc(Oc3ccc(NC(=O)c4nccn(-c5ccc(F)cc5)c4=O)cc3F)c2nc1OC. The zero-order valence-corrected chi connectivity index (χ0v) is 20.5. The molecule has 0 unspecified atom stereocenters. The molecule has 0 saturated carbocycles. The zero-order valence-electron chi connectivity index (χ0n) is 20.5. The van der Waals surface area contributed by atoms with E-state index in [0.717, 1.165) is 10.6 Å². The molecule has 39 heavy (non-hydrogen) atoms. The summed E-state index contributed by atoms with van der Waals surface area (Å²) in [5.74, 6) is -1.47. The highest BCUT2D eigenvalue weighted by molar-refractivity contribution is 6.02. The summed E-state index contributed by atoms with van der Waals surface area (Å²) in [6, 6.07) is 12.0. The highest BCUT2D eigenvalue weighted by atomic mass is 19.1. The summed E-state index contributed by atoms with van der Waals surface area (Å²) in [6.45, 7) is 0. The van der Waals surface area contributed by atoms with E-state index in [2.05, 4.69) is 20.3 Å². The van der Waals surface area contributed by atoms with E-state index >= 15 is 0 Å². The number of benzene rings is 2. The number of fused-ring (bicyclic) bond motifs is 1. The highest BCUT2D eigenvalue weighted by Gasteiger charge is 2.18. The standard InChI is InChI=1S/C27H19F2N5O5/c1-37-22-14-19-23(33-26(22)38-2)21(9-10-30-19)39-20-8-5-16(13-18(20)29)32-25(35)24-27(36)34(12-11-31-24)17-6-3-15(28)4-7-17/h3-14H,1-2H3,(H,32,35). The van der Waals surface area contributed by atoms with Crippen LogP contribution in [0.3, 0.4) is 0 Å². The average molecular weight is 531 g/mol. The van der Waals surface area contributed by atoms with Gasteiger partial charge in [0.25, 0.3) is 17.3 Å². The van der Waals surface area contributed by atoms with Crippen LogP contribution in [0.25, 0.3) is 16.7 Å². The van der Waals surface area contributed by atoms with Gasteiger partial charge in [-0.2, -0.15) is 0 Å². The van der Waals surface area contributed by atoms with Gasteiger partial charge in [-0.05, 0) is 36.4 Å². The molecule has 0 bridgehead atoms. The molecule has 2 aromatic carbocycles. The van der Waals surface area contributed by atoms with E-state index < -0.39 is 28.8 Å². The highest BCUT2D eigenvalue weighted by Crippen LogP contribution is 2.35. The topological polar surface area (TPSA) is 117 Å². The van der Waals surface area contributed by atoms with E-state index in [9.17, 15) is 18.4 Å². The van der Waals surface area contributed by atoms with Gasteiger partial charge in [0, 0.05) is 48.2 Å². The monoisotopic (exact) mass is 531 g/mol. The lowest BCUT2D eigenvalue weighted by molar-refractivity contribution is 0.102. The Bertz CT molecular complexity index is 1760. The zero-order chi connectivity index (χ0) is 27.5. The van der Waals surface area contributed by atoms with Crippen LogP contribution in [0.4, 0.5) is 14.5 Å². The Labute approximate surface area is 219 Å².